The summed E-state index contributed by atoms with van der Waals surface area (Å²) in [7, 11) is 0. The molecule has 0 rings (SSSR count). The molecule has 0 radical (unpaired) electrons. The summed E-state index contributed by atoms with van der Waals surface area (Å²) >= 11 is 1.61. The van der Waals surface area contributed by atoms with Crippen molar-refractivity contribution in [1.82, 2.24) is 5.32 Å². The molecule has 5 heteroatoms. The highest BCUT2D eigenvalue weighted by molar-refractivity contribution is 7.99. The van der Waals surface area contributed by atoms with Gasteiger partial charge in [-0.1, -0.05) is 26.7 Å². The number of hydrogen-bond acceptors (Lipinski definition) is 3. The van der Waals surface area contributed by atoms with Gasteiger partial charge in [0.05, 0.1) is 12.2 Å². The van der Waals surface area contributed by atoms with Gasteiger partial charge in [0.2, 0.25) is 5.91 Å². The standard InChI is InChI=1S/C12H23NO3S/c1-3-5-7-17-9-11(14)13-10(6-4-2)8-12(15)16/h10H,3-9H2,1-2H3,(H,13,14)(H,15,16). The maximum absolute atomic E-state index is 11.5. The summed E-state index contributed by atoms with van der Waals surface area (Å²) < 4.78 is 0. The number of hydrogen-bond donors (Lipinski definition) is 2. The Morgan fingerprint density at radius 2 is 2.00 bits per heavy atom. The second kappa shape index (κ2) is 10.4. The maximum atomic E-state index is 11.5. The van der Waals surface area contributed by atoms with Gasteiger partial charge in [0.1, 0.15) is 0 Å². The van der Waals surface area contributed by atoms with Gasteiger partial charge in [-0.3, -0.25) is 9.59 Å². The van der Waals surface area contributed by atoms with Gasteiger partial charge in [-0.15, -0.1) is 0 Å². The molecule has 0 aromatic carbocycles. The fourth-order valence-electron chi connectivity index (χ4n) is 1.47. The van der Waals surface area contributed by atoms with Crippen LogP contribution in [0.4, 0.5) is 0 Å². The number of carbonyl (C=O) groups excluding carboxylic acids is 1. The van der Waals surface area contributed by atoms with E-state index in [1.807, 2.05) is 6.92 Å². The second-order valence-electron chi connectivity index (χ2n) is 4.06. The smallest absolute Gasteiger partial charge is 0.305 e. The summed E-state index contributed by atoms with van der Waals surface area (Å²) in [4.78, 5) is 22.2. The van der Waals surface area contributed by atoms with Gasteiger partial charge in [-0.05, 0) is 18.6 Å². The molecule has 0 bridgehead atoms. The number of thioether (sulfide) groups is 1. The van der Waals surface area contributed by atoms with Gasteiger partial charge < -0.3 is 10.4 Å². The fourth-order valence-corrected chi connectivity index (χ4v) is 2.37. The highest BCUT2D eigenvalue weighted by Gasteiger charge is 2.14. The Balaban J connectivity index is 3.82. The van der Waals surface area contributed by atoms with Crippen molar-refractivity contribution in [3.63, 3.8) is 0 Å². The van der Waals surface area contributed by atoms with E-state index >= 15 is 0 Å². The van der Waals surface area contributed by atoms with Crippen LogP contribution in [0.3, 0.4) is 0 Å². The number of carboxylic acids is 1. The topological polar surface area (TPSA) is 66.4 Å². The van der Waals surface area contributed by atoms with Gasteiger partial charge in [0, 0.05) is 6.04 Å². The minimum atomic E-state index is -0.859. The average molecular weight is 261 g/mol. The van der Waals surface area contributed by atoms with Crippen LogP contribution in [0.15, 0.2) is 0 Å². The Kier molecular flexibility index (Phi) is 10.0. The molecule has 0 aliphatic heterocycles. The molecule has 0 fully saturated rings. The first-order chi connectivity index (χ1) is 8.10. The van der Waals surface area contributed by atoms with Crippen LogP contribution in [0.5, 0.6) is 0 Å². The van der Waals surface area contributed by atoms with Crippen molar-refractivity contribution in [2.45, 2.75) is 52.0 Å². The van der Waals surface area contributed by atoms with Gasteiger partial charge in [0.15, 0.2) is 0 Å². The number of rotatable bonds is 10. The molecule has 0 spiro atoms. The highest BCUT2D eigenvalue weighted by atomic mass is 32.2. The summed E-state index contributed by atoms with van der Waals surface area (Å²) in [6.45, 7) is 4.10. The Hall–Kier alpha value is -0.710. The fraction of sp³-hybridized carbons (Fsp3) is 0.833. The van der Waals surface area contributed by atoms with Gasteiger partial charge in [-0.25, -0.2) is 0 Å². The first-order valence-electron chi connectivity index (χ1n) is 6.19. The van der Waals surface area contributed by atoms with Crippen molar-refractivity contribution in [2.75, 3.05) is 11.5 Å². The zero-order chi connectivity index (χ0) is 13.1. The first kappa shape index (κ1) is 16.3. The van der Waals surface area contributed by atoms with Gasteiger partial charge in [-0.2, -0.15) is 11.8 Å². The summed E-state index contributed by atoms with van der Waals surface area (Å²) in [5.74, 6) is 0.509. The molecule has 1 amide bonds. The van der Waals surface area contributed by atoms with E-state index in [0.717, 1.165) is 31.4 Å². The molecule has 0 heterocycles. The molecule has 1 atom stereocenters. The molecule has 17 heavy (non-hydrogen) atoms. The minimum Gasteiger partial charge on any atom is -0.481 e. The van der Waals surface area contributed by atoms with Crippen LogP contribution < -0.4 is 5.32 Å². The zero-order valence-corrected chi connectivity index (χ0v) is 11.5. The molecular formula is C12H23NO3S. The molecule has 2 N–H and O–H groups in total. The molecule has 0 aliphatic carbocycles. The Morgan fingerprint density at radius 1 is 1.29 bits per heavy atom. The lowest BCUT2D eigenvalue weighted by Gasteiger charge is -2.15. The van der Waals surface area contributed by atoms with Crippen LogP contribution in [0.25, 0.3) is 0 Å². The van der Waals surface area contributed by atoms with E-state index in [9.17, 15) is 9.59 Å². The third-order valence-corrected chi connectivity index (χ3v) is 3.34. The van der Waals surface area contributed by atoms with E-state index in [1.54, 1.807) is 11.8 Å². The van der Waals surface area contributed by atoms with E-state index in [2.05, 4.69) is 12.2 Å². The average Bonchev–Trinajstić information content (AvgIpc) is 2.24. The lowest BCUT2D eigenvalue weighted by atomic mass is 10.1. The molecular weight excluding hydrogens is 238 g/mol. The quantitative estimate of drug-likeness (QED) is 0.592. The highest BCUT2D eigenvalue weighted by Crippen LogP contribution is 2.06. The van der Waals surface area contributed by atoms with Crippen molar-refractivity contribution in [2.24, 2.45) is 0 Å². The predicted molar refractivity (Wildman–Crippen MR) is 71.3 cm³/mol. The van der Waals surface area contributed by atoms with Gasteiger partial charge >= 0.3 is 5.97 Å². The second-order valence-corrected chi connectivity index (χ2v) is 5.16. The monoisotopic (exact) mass is 261 g/mol. The van der Waals surface area contributed by atoms with Crippen molar-refractivity contribution in [1.29, 1.82) is 0 Å². The van der Waals surface area contributed by atoms with Crippen LogP contribution in [-0.4, -0.2) is 34.5 Å². The third-order valence-electron chi connectivity index (χ3n) is 2.30. The lowest BCUT2D eigenvalue weighted by Crippen LogP contribution is -2.37. The Labute approximate surface area is 108 Å². The van der Waals surface area contributed by atoms with E-state index in [1.165, 1.54) is 0 Å². The number of unbranched alkanes of at least 4 members (excludes halogenated alkanes) is 1. The zero-order valence-electron chi connectivity index (χ0n) is 10.7. The molecule has 0 aromatic rings. The largest absolute Gasteiger partial charge is 0.481 e. The Morgan fingerprint density at radius 3 is 2.53 bits per heavy atom. The van der Waals surface area contributed by atoms with Crippen LogP contribution in [-0.2, 0) is 9.59 Å². The Bertz CT molecular complexity index is 234. The number of aliphatic carboxylic acids is 1. The van der Waals surface area contributed by atoms with E-state index in [0.29, 0.717) is 5.75 Å². The molecule has 0 aliphatic rings. The number of nitrogens with one attached hydrogen (secondary N) is 1. The van der Waals surface area contributed by atoms with Crippen molar-refractivity contribution < 1.29 is 14.7 Å². The SMILES string of the molecule is CCCCSCC(=O)NC(CCC)CC(=O)O. The number of carbonyl (C=O) groups is 2. The van der Waals surface area contributed by atoms with Crippen molar-refractivity contribution >= 4 is 23.6 Å². The molecule has 4 nitrogen and oxygen atoms in total. The van der Waals surface area contributed by atoms with Crippen LogP contribution in [0.1, 0.15) is 46.0 Å². The summed E-state index contributed by atoms with van der Waals surface area (Å²) in [6.07, 6.45) is 3.86. The number of carboxylic acid groups (broad SMARTS) is 1. The van der Waals surface area contributed by atoms with E-state index in [4.69, 9.17) is 5.11 Å². The third kappa shape index (κ3) is 10.2. The van der Waals surface area contributed by atoms with Crippen LogP contribution in [0, 0.1) is 0 Å². The lowest BCUT2D eigenvalue weighted by molar-refractivity contribution is -0.137. The van der Waals surface area contributed by atoms with Gasteiger partial charge in [0.25, 0.3) is 0 Å². The summed E-state index contributed by atoms with van der Waals surface area (Å²) in [5.41, 5.74) is 0. The summed E-state index contributed by atoms with van der Waals surface area (Å²) in [6, 6.07) is -0.225. The first-order valence-corrected chi connectivity index (χ1v) is 7.34. The number of amides is 1. The normalized spacial score (nSPS) is 12.1. The van der Waals surface area contributed by atoms with Crippen molar-refractivity contribution in [3.8, 4) is 0 Å². The molecule has 0 saturated carbocycles. The molecule has 0 aromatic heterocycles. The van der Waals surface area contributed by atoms with E-state index < -0.39 is 5.97 Å². The maximum Gasteiger partial charge on any atom is 0.305 e. The molecule has 0 saturated heterocycles. The van der Waals surface area contributed by atoms with E-state index in [-0.39, 0.29) is 18.4 Å². The molecule has 100 valence electrons. The van der Waals surface area contributed by atoms with Crippen LogP contribution in [0.2, 0.25) is 0 Å². The minimum absolute atomic E-state index is 0.0131. The predicted octanol–water partition coefficient (Wildman–Crippen LogP) is 2.28. The van der Waals surface area contributed by atoms with Crippen LogP contribution >= 0.6 is 11.8 Å². The van der Waals surface area contributed by atoms with Crippen molar-refractivity contribution in [3.05, 3.63) is 0 Å². The summed E-state index contributed by atoms with van der Waals surface area (Å²) in [5, 5.41) is 11.5. The molecule has 1 unspecified atom stereocenters.